The monoisotopic (exact) mass is 332 g/mol. The predicted molar refractivity (Wildman–Crippen MR) is 81.1 cm³/mol. The van der Waals surface area contributed by atoms with Gasteiger partial charge in [0.15, 0.2) is 9.84 Å². The van der Waals surface area contributed by atoms with Crippen molar-refractivity contribution in [1.82, 2.24) is 8.61 Å². The molecule has 0 aromatic heterocycles. The molecule has 0 aliphatic carbocycles. The van der Waals surface area contributed by atoms with Gasteiger partial charge in [0.25, 0.3) is 10.2 Å². The van der Waals surface area contributed by atoms with Gasteiger partial charge in [0.05, 0.1) is 4.90 Å². The average molecular weight is 332 g/mol. The van der Waals surface area contributed by atoms with Crippen molar-refractivity contribution in [3.05, 3.63) is 29.3 Å². The van der Waals surface area contributed by atoms with Crippen molar-refractivity contribution in [2.45, 2.75) is 17.7 Å². The van der Waals surface area contributed by atoms with Gasteiger partial charge in [0, 0.05) is 33.4 Å². The van der Waals surface area contributed by atoms with Crippen molar-refractivity contribution in [2.24, 2.45) is 0 Å². The molecule has 1 aliphatic heterocycles. The molecule has 0 N–H and O–H groups in total. The summed E-state index contributed by atoms with van der Waals surface area (Å²) in [5, 5.41) is 0. The Morgan fingerprint density at radius 3 is 2.10 bits per heavy atom. The predicted octanol–water partition coefficient (Wildman–Crippen LogP) is 0.297. The van der Waals surface area contributed by atoms with Crippen LogP contribution in [0.2, 0.25) is 0 Å². The second-order valence-electron chi connectivity index (χ2n) is 5.39. The summed E-state index contributed by atoms with van der Waals surface area (Å²) in [7, 11) is -3.66. The molecule has 0 atom stereocenters. The molecule has 0 fully saturated rings. The standard InChI is InChI=1S/C13H20N2O4S2/c1-14(2)21(18,19)15-8-6-11-4-5-13(20(3,16)17)10-12(11)7-9-15/h4-5,10H,6-9H2,1-3H3. The summed E-state index contributed by atoms with van der Waals surface area (Å²) in [6.07, 6.45) is 2.28. The van der Waals surface area contributed by atoms with E-state index in [1.807, 2.05) is 0 Å². The lowest BCUT2D eigenvalue weighted by molar-refractivity contribution is 0.386. The quantitative estimate of drug-likeness (QED) is 0.798. The van der Waals surface area contributed by atoms with Crippen LogP contribution in [-0.2, 0) is 32.9 Å². The van der Waals surface area contributed by atoms with Gasteiger partial charge in [-0.3, -0.25) is 0 Å². The van der Waals surface area contributed by atoms with Gasteiger partial charge >= 0.3 is 0 Å². The van der Waals surface area contributed by atoms with E-state index in [9.17, 15) is 16.8 Å². The van der Waals surface area contributed by atoms with Gasteiger partial charge in [-0.15, -0.1) is 0 Å². The minimum absolute atomic E-state index is 0.283. The second-order valence-corrected chi connectivity index (χ2v) is 9.55. The summed E-state index contributed by atoms with van der Waals surface area (Å²) in [6, 6.07) is 5.04. The number of hydrogen-bond acceptors (Lipinski definition) is 4. The Hall–Kier alpha value is -0.960. The summed E-state index contributed by atoms with van der Waals surface area (Å²) >= 11 is 0. The van der Waals surface area contributed by atoms with Gasteiger partial charge in [-0.1, -0.05) is 6.07 Å². The van der Waals surface area contributed by atoms with Crippen LogP contribution in [0.3, 0.4) is 0 Å². The maximum atomic E-state index is 12.2. The van der Waals surface area contributed by atoms with Crippen LogP contribution in [-0.4, -0.2) is 58.9 Å². The first-order chi connectivity index (χ1) is 9.62. The van der Waals surface area contributed by atoms with Crippen LogP contribution in [0.15, 0.2) is 23.1 Å². The Bertz CT molecular complexity index is 739. The zero-order valence-electron chi connectivity index (χ0n) is 12.4. The molecular formula is C13H20N2O4S2. The third-order valence-corrected chi connectivity index (χ3v) is 6.71. The summed E-state index contributed by atoms with van der Waals surface area (Å²) in [6.45, 7) is 0.770. The molecule has 0 spiro atoms. The van der Waals surface area contributed by atoms with Crippen LogP contribution in [0.4, 0.5) is 0 Å². The van der Waals surface area contributed by atoms with Crippen molar-refractivity contribution in [3.63, 3.8) is 0 Å². The Kier molecular flexibility index (Phi) is 4.44. The molecule has 1 aromatic carbocycles. The minimum atomic E-state index is -3.43. The molecule has 6 nitrogen and oxygen atoms in total. The molecule has 2 rings (SSSR count). The van der Waals surface area contributed by atoms with E-state index >= 15 is 0 Å². The molecule has 1 heterocycles. The van der Waals surface area contributed by atoms with E-state index in [0.29, 0.717) is 25.9 Å². The molecule has 0 radical (unpaired) electrons. The van der Waals surface area contributed by atoms with Gasteiger partial charge < -0.3 is 0 Å². The lowest BCUT2D eigenvalue weighted by Gasteiger charge is -2.23. The van der Waals surface area contributed by atoms with Crippen LogP contribution in [0.25, 0.3) is 0 Å². The lowest BCUT2D eigenvalue weighted by Crippen LogP contribution is -2.41. The van der Waals surface area contributed by atoms with Gasteiger partial charge in [-0.25, -0.2) is 8.42 Å². The highest BCUT2D eigenvalue weighted by molar-refractivity contribution is 7.90. The summed E-state index contributed by atoms with van der Waals surface area (Å²) in [5.74, 6) is 0. The first kappa shape index (κ1) is 16.4. The fourth-order valence-electron chi connectivity index (χ4n) is 2.37. The number of rotatable bonds is 3. The summed E-state index contributed by atoms with van der Waals surface area (Å²) in [5.41, 5.74) is 1.92. The summed E-state index contributed by atoms with van der Waals surface area (Å²) < 4.78 is 50.2. The molecule has 1 aromatic rings. The Morgan fingerprint density at radius 2 is 1.57 bits per heavy atom. The van der Waals surface area contributed by atoms with Crippen molar-refractivity contribution < 1.29 is 16.8 Å². The highest BCUT2D eigenvalue weighted by atomic mass is 32.2. The highest BCUT2D eigenvalue weighted by Crippen LogP contribution is 2.22. The maximum Gasteiger partial charge on any atom is 0.281 e. The third-order valence-electron chi connectivity index (χ3n) is 3.65. The molecule has 0 unspecified atom stereocenters. The number of benzene rings is 1. The van der Waals surface area contributed by atoms with Crippen LogP contribution in [0.1, 0.15) is 11.1 Å². The van der Waals surface area contributed by atoms with Gasteiger partial charge in [-0.05, 0) is 36.1 Å². The van der Waals surface area contributed by atoms with E-state index in [-0.39, 0.29) is 4.90 Å². The van der Waals surface area contributed by atoms with E-state index in [1.54, 1.807) is 18.2 Å². The van der Waals surface area contributed by atoms with Crippen LogP contribution in [0, 0.1) is 0 Å². The Morgan fingerprint density at radius 1 is 1.00 bits per heavy atom. The van der Waals surface area contributed by atoms with Crippen LogP contribution in [0.5, 0.6) is 0 Å². The number of hydrogen-bond donors (Lipinski definition) is 0. The number of sulfone groups is 1. The van der Waals surface area contributed by atoms with E-state index in [4.69, 9.17) is 0 Å². The molecule has 0 bridgehead atoms. The second kappa shape index (κ2) is 5.68. The van der Waals surface area contributed by atoms with E-state index in [0.717, 1.165) is 11.1 Å². The zero-order valence-corrected chi connectivity index (χ0v) is 14.0. The molecule has 118 valence electrons. The van der Waals surface area contributed by atoms with Crippen LogP contribution >= 0.6 is 0 Å². The maximum absolute atomic E-state index is 12.2. The fourth-order valence-corrected chi connectivity index (χ4v) is 4.15. The van der Waals surface area contributed by atoms with Crippen molar-refractivity contribution >= 4 is 20.0 Å². The average Bonchev–Trinajstić information content (AvgIpc) is 2.59. The fraction of sp³-hybridized carbons (Fsp3) is 0.538. The van der Waals surface area contributed by atoms with E-state index in [2.05, 4.69) is 0 Å². The zero-order chi connectivity index (χ0) is 15.8. The topological polar surface area (TPSA) is 74.8 Å². The van der Waals surface area contributed by atoms with Gasteiger partial charge in [0.2, 0.25) is 0 Å². The molecule has 1 aliphatic rings. The largest absolute Gasteiger partial charge is 0.281 e. The third kappa shape index (κ3) is 3.45. The number of fused-ring (bicyclic) bond motifs is 1. The molecule has 0 amide bonds. The molecular weight excluding hydrogens is 312 g/mol. The molecule has 8 heteroatoms. The van der Waals surface area contributed by atoms with Gasteiger partial charge in [-0.2, -0.15) is 17.0 Å². The first-order valence-corrected chi connectivity index (χ1v) is 9.90. The highest BCUT2D eigenvalue weighted by Gasteiger charge is 2.26. The first-order valence-electron chi connectivity index (χ1n) is 6.62. The smallest absolute Gasteiger partial charge is 0.224 e. The lowest BCUT2D eigenvalue weighted by atomic mass is 10.0. The number of nitrogens with zero attached hydrogens (tertiary/aromatic N) is 2. The minimum Gasteiger partial charge on any atom is -0.224 e. The van der Waals surface area contributed by atoms with Crippen molar-refractivity contribution in [2.75, 3.05) is 33.4 Å². The van der Waals surface area contributed by atoms with Gasteiger partial charge in [0.1, 0.15) is 0 Å². The Labute approximate surface area is 126 Å². The van der Waals surface area contributed by atoms with Crippen molar-refractivity contribution in [1.29, 1.82) is 0 Å². The van der Waals surface area contributed by atoms with Crippen LogP contribution < -0.4 is 0 Å². The molecule has 0 saturated carbocycles. The van der Waals surface area contributed by atoms with Crippen molar-refractivity contribution in [3.8, 4) is 0 Å². The molecule has 21 heavy (non-hydrogen) atoms. The Balaban J connectivity index is 2.30. The molecule has 0 saturated heterocycles. The van der Waals surface area contributed by atoms with E-state index in [1.165, 1.54) is 29.0 Å². The normalized spacial score (nSPS) is 17.5. The SMILES string of the molecule is CN(C)S(=O)(=O)N1CCc2ccc(S(C)(=O)=O)cc2CC1. The van der Waals surface area contributed by atoms with E-state index < -0.39 is 20.0 Å². The summed E-state index contributed by atoms with van der Waals surface area (Å²) in [4.78, 5) is 0.283.